The van der Waals surface area contributed by atoms with Crippen LogP contribution in [0.1, 0.15) is 38.2 Å². The van der Waals surface area contributed by atoms with E-state index >= 15 is 0 Å². The maximum Gasteiger partial charge on any atom is 0.226 e. The van der Waals surface area contributed by atoms with Gasteiger partial charge >= 0.3 is 0 Å². The molecule has 2 aliphatic rings. The van der Waals surface area contributed by atoms with Crippen molar-refractivity contribution in [2.24, 2.45) is 5.41 Å². The number of nitrogens with zero attached hydrogens (tertiary/aromatic N) is 2. The van der Waals surface area contributed by atoms with E-state index < -0.39 is 0 Å². The van der Waals surface area contributed by atoms with Gasteiger partial charge in [0, 0.05) is 38.2 Å². The first-order valence-electron chi connectivity index (χ1n) is 11.3. The number of carbonyl (C=O) groups excluding carboxylic acids is 1. The van der Waals surface area contributed by atoms with E-state index in [9.17, 15) is 4.79 Å². The minimum Gasteiger partial charge on any atom is -0.381 e. The molecule has 3 heterocycles. The van der Waals surface area contributed by atoms with Gasteiger partial charge in [0.2, 0.25) is 5.91 Å². The first-order chi connectivity index (χ1) is 14.7. The van der Waals surface area contributed by atoms with Crippen LogP contribution in [0.3, 0.4) is 0 Å². The molecule has 30 heavy (non-hydrogen) atoms. The van der Waals surface area contributed by atoms with Crippen molar-refractivity contribution in [3.8, 4) is 11.1 Å². The van der Waals surface area contributed by atoms with Crippen molar-refractivity contribution in [3.05, 3.63) is 54.4 Å². The molecule has 1 amide bonds. The van der Waals surface area contributed by atoms with Gasteiger partial charge in [-0.2, -0.15) is 0 Å². The zero-order valence-electron chi connectivity index (χ0n) is 18.0. The Bertz CT molecular complexity index is 816. The molecule has 160 valence electrons. The maximum atomic E-state index is 13.4. The van der Waals surface area contributed by atoms with Crippen molar-refractivity contribution < 1.29 is 9.53 Å². The highest BCUT2D eigenvalue weighted by atomic mass is 16.5. The molecular formula is C25H33N3O2. The summed E-state index contributed by atoms with van der Waals surface area (Å²) in [6.07, 6.45) is 8.41. The predicted octanol–water partition coefficient (Wildman–Crippen LogP) is 3.69. The maximum absolute atomic E-state index is 13.4. The quantitative estimate of drug-likeness (QED) is 0.761. The Kier molecular flexibility index (Phi) is 6.80. The molecule has 5 heteroatoms. The number of hydrogen-bond acceptors (Lipinski definition) is 4. The Labute approximate surface area is 179 Å². The molecule has 0 aliphatic carbocycles. The number of aromatic nitrogens is 1. The largest absolute Gasteiger partial charge is 0.381 e. The summed E-state index contributed by atoms with van der Waals surface area (Å²) < 4.78 is 5.61. The number of ether oxygens (including phenoxy) is 1. The topological polar surface area (TPSA) is 54.5 Å². The van der Waals surface area contributed by atoms with Crippen molar-refractivity contribution in [3.63, 3.8) is 0 Å². The molecule has 0 unspecified atom stereocenters. The number of rotatable bonds is 7. The number of benzene rings is 1. The van der Waals surface area contributed by atoms with Gasteiger partial charge in [-0.15, -0.1) is 0 Å². The van der Waals surface area contributed by atoms with E-state index in [2.05, 4.69) is 52.5 Å². The third-order valence-electron chi connectivity index (χ3n) is 6.83. The van der Waals surface area contributed by atoms with Gasteiger partial charge in [-0.1, -0.05) is 37.3 Å². The number of pyridine rings is 1. The molecular weight excluding hydrogens is 374 g/mol. The van der Waals surface area contributed by atoms with Crippen LogP contribution in [0, 0.1) is 5.41 Å². The van der Waals surface area contributed by atoms with Crippen LogP contribution in [0.15, 0.2) is 48.8 Å². The number of carbonyl (C=O) groups is 1. The highest BCUT2D eigenvalue weighted by molar-refractivity contribution is 5.83. The average Bonchev–Trinajstić information content (AvgIpc) is 3.27. The number of hydrogen-bond donors (Lipinski definition) is 1. The lowest BCUT2D eigenvalue weighted by Crippen LogP contribution is -2.49. The average molecular weight is 408 g/mol. The van der Waals surface area contributed by atoms with Crippen LogP contribution in [0.4, 0.5) is 0 Å². The highest BCUT2D eigenvalue weighted by Crippen LogP contribution is 2.35. The first-order valence-corrected chi connectivity index (χ1v) is 11.3. The van der Waals surface area contributed by atoms with Gasteiger partial charge in [-0.25, -0.2) is 0 Å². The summed E-state index contributed by atoms with van der Waals surface area (Å²) in [5, 5.41) is 3.31. The van der Waals surface area contributed by atoms with Crippen LogP contribution >= 0.6 is 0 Å². The van der Waals surface area contributed by atoms with Gasteiger partial charge < -0.3 is 10.1 Å². The van der Waals surface area contributed by atoms with Crippen LogP contribution < -0.4 is 5.32 Å². The predicted molar refractivity (Wildman–Crippen MR) is 119 cm³/mol. The third-order valence-corrected chi connectivity index (χ3v) is 6.83. The van der Waals surface area contributed by atoms with E-state index in [1.165, 1.54) is 18.4 Å². The van der Waals surface area contributed by atoms with Crippen molar-refractivity contribution in [2.45, 2.75) is 45.1 Å². The Morgan fingerprint density at radius 3 is 2.70 bits per heavy atom. The fourth-order valence-corrected chi connectivity index (χ4v) is 4.93. The number of nitrogens with one attached hydrogen (secondary N) is 1. The summed E-state index contributed by atoms with van der Waals surface area (Å²) in [6.45, 7) is 6.49. The molecule has 0 spiro atoms. The van der Waals surface area contributed by atoms with E-state index in [4.69, 9.17) is 4.74 Å². The van der Waals surface area contributed by atoms with Crippen molar-refractivity contribution >= 4 is 5.91 Å². The van der Waals surface area contributed by atoms with Crippen molar-refractivity contribution in [1.82, 2.24) is 15.2 Å². The second kappa shape index (κ2) is 9.71. The molecule has 0 radical (unpaired) electrons. The van der Waals surface area contributed by atoms with E-state index in [0.29, 0.717) is 19.3 Å². The normalized spacial score (nSPS) is 21.4. The number of likely N-dealkylation sites (N-methyl/N-ethyl adjacent to an activating group) is 1. The summed E-state index contributed by atoms with van der Waals surface area (Å²) in [5.41, 5.74) is 3.09. The molecule has 1 N–H and O–H groups in total. The molecule has 2 saturated heterocycles. The van der Waals surface area contributed by atoms with Gasteiger partial charge in [0.15, 0.2) is 0 Å². The fourth-order valence-electron chi connectivity index (χ4n) is 4.93. The van der Waals surface area contributed by atoms with Crippen LogP contribution in [-0.4, -0.2) is 54.7 Å². The van der Waals surface area contributed by atoms with Crippen LogP contribution in [0.5, 0.6) is 0 Å². The summed E-state index contributed by atoms with van der Waals surface area (Å²) in [6, 6.07) is 13.1. The lowest BCUT2D eigenvalue weighted by Gasteiger charge is -2.36. The SMILES string of the molecule is CCN1CCC[C@H]1CNC(=O)C1(Cc2ccc(-c3cccnc3)cc2)CCOCC1. The van der Waals surface area contributed by atoms with E-state index in [0.717, 1.165) is 50.0 Å². The summed E-state index contributed by atoms with van der Waals surface area (Å²) in [4.78, 5) is 20.1. The smallest absolute Gasteiger partial charge is 0.226 e. The highest BCUT2D eigenvalue weighted by Gasteiger charge is 2.40. The summed E-state index contributed by atoms with van der Waals surface area (Å²) >= 11 is 0. The van der Waals surface area contributed by atoms with E-state index in [1.807, 2.05) is 12.3 Å². The van der Waals surface area contributed by atoms with Gasteiger partial charge in [0.1, 0.15) is 0 Å². The lowest BCUT2D eigenvalue weighted by molar-refractivity contribution is -0.136. The molecule has 5 nitrogen and oxygen atoms in total. The van der Waals surface area contributed by atoms with Crippen LogP contribution in [0.2, 0.25) is 0 Å². The molecule has 2 aliphatic heterocycles. The number of likely N-dealkylation sites (tertiary alicyclic amines) is 1. The van der Waals surface area contributed by atoms with Gasteiger partial charge in [0.25, 0.3) is 0 Å². The fraction of sp³-hybridized carbons (Fsp3) is 0.520. The monoisotopic (exact) mass is 407 g/mol. The molecule has 1 aromatic heterocycles. The van der Waals surface area contributed by atoms with Crippen molar-refractivity contribution in [1.29, 1.82) is 0 Å². The Balaban J connectivity index is 1.44. The molecule has 2 fully saturated rings. The summed E-state index contributed by atoms with van der Waals surface area (Å²) in [7, 11) is 0. The summed E-state index contributed by atoms with van der Waals surface area (Å²) in [5.74, 6) is 0.199. The Morgan fingerprint density at radius 2 is 2.00 bits per heavy atom. The minimum absolute atomic E-state index is 0.199. The van der Waals surface area contributed by atoms with Gasteiger partial charge in [-0.05, 0) is 68.0 Å². The van der Waals surface area contributed by atoms with E-state index in [-0.39, 0.29) is 11.3 Å². The number of amides is 1. The zero-order chi connectivity index (χ0) is 20.8. The first kappa shape index (κ1) is 21.0. The molecule has 1 atom stereocenters. The molecule has 0 saturated carbocycles. The zero-order valence-corrected chi connectivity index (χ0v) is 18.0. The molecule has 4 rings (SSSR count). The van der Waals surface area contributed by atoms with Crippen LogP contribution in [-0.2, 0) is 16.0 Å². The Hall–Kier alpha value is -2.24. The van der Waals surface area contributed by atoms with E-state index in [1.54, 1.807) is 6.20 Å². The molecule has 1 aromatic carbocycles. The lowest BCUT2D eigenvalue weighted by atomic mass is 9.74. The standard InChI is InChI=1S/C25H33N3O2/c1-2-28-14-4-6-23(28)19-27-24(29)25(11-15-30-16-12-25)17-20-7-9-21(10-8-20)22-5-3-13-26-18-22/h3,5,7-10,13,18,23H,2,4,6,11-12,14-17,19H2,1H3,(H,27,29)/t23-/m0/s1. The van der Waals surface area contributed by atoms with Crippen LogP contribution in [0.25, 0.3) is 11.1 Å². The van der Waals surface area contributed by atoms with Gasteiger partial charge in [-0.3, -0.25) is 14.7 Å². The second-order valence-electron chi connectivity index (χ2n) is 8.64. The molecule has 2 aromatic rings. The van der Waals surface area contributed by atoms with Crippen molar-refractivity contribution in [2.75, 3.05) is 32.8 Å². The van der Waals surface area contributed by atoms with Gasteiger partial charge in [0.05, 0.1) is 5.41 Å². The minimum atomic E-state index is -0.371. The molecule has 0 bridgehead atoms. The Morgan fingerprint density at radius 1 is 1.20 bits per heavy atom. The third kappa shape index (κ3) is 4.73. The second-order valence-corrected chi connectivity index (χ2v) is 8.64.